The number of benzene rings is 1. The summed E-state index contributed by atoms with van der Waals surface area (Å²) in [5.41, 5.74) is 6.59. The number of hydrogen-bond donors (Lipinski definition) is 1. The predicted molar refractivity (Wildman–Crippen MR) is 59.5 cm³/mol. The maximum Gasteiger partial charge on any atom is 0.0463 e. The quantitative estimate of drug-likeness (QED) is 0.501. The summed E-state index contributed by atoms with van der Waals surface area (Å²) in [4.78, 5) is 1.11. The highest BCUT2D eigenvalue weighted by Gasteiger charge is 1.98. The van der Waals surface area contributed by atoms with Crippen LogP contribution in [-0.4, -0.2) is 5.75 Å². The normalized spacial score (nSPS) is 9.75. The first-order chi connectivity index (χ1) is 5.74. The highest BCUT2D eigenvalue weighted by molar-refractivity contribution is 9.10. The Labute approximate surface area is 85.2 Å². The molecule has 0 aliphatic carbocycles. The van der Waals surface area contributed by atoms with E-state index < -0.39 is 0 Å². The van der Waals surface area contributed by atoms with Gasteiger partial charge in [-0.15, -0.1) is 18.3 Å². The van der Waals surface area contributed by atoms with Gasteiger partial charge in [-0.2, -0.15) is 0 Å². The molecule has 1 aromatic rings. The Hall–Kier alpha value is -0.410. The molecule has 0 fully saturated rings. The fraction of sp³-hybridized carbons (Fsp3) is 0.111. The molecule has 0 heterocycles. The van der Waals surface area contributed by atoms with Crippen LogP contribution in [0.5, 0.6) is 0 Å². The highest BCUT2D eigenvalue weighted by atomic mass is 79.9. The molecule has 0 radical (unpaired) electrons. The monoisotopic (exact) mass is 243 g/mol. The molecule has 0 aliphatic rings. The molecule has 0 aliphatic heterocycles. The van der Waals surface area contributed by atoms with Crippen LogP contribution in [0, 0.1) is 0 Å². The summed E-state index contributed by atoms with van der Waals surface area (Å²) >= 11 is 5.05. The Morgan fingerprint density at radius 3 is 2.92 bits per heavy atom. The minimum atomic E-state index is 0.816. The van der Waals surface area contributed by atoms with Crippen LogP contribution in [0.25, 0.3) is 0 Å². The van der Waals surface area contributed by atoms with Crippen LogP contribution in [0.4, 0.5) is 5.69 Å². The van der Waals surface area contributed by atoms with Crippen LogP contribution in [0.1, 0.15) is 0 Å². The summed E-state index contributed by atoms with van der Waals surface area (Å²) in [5, 5.41) is 0. The molecular weight excluding hydrogens is 234 g/mol. The Kier molecular flexibility index (Phi) is 3.69. The van der Waals surface area contributed by atoms with Gasteiger partial charge in [-0.05, 0) is 18.2 Å². The van der Waals surface area contributed by atoms with Gasteiger partial charge in [0.05, 0.1) is 0 Å². The zero-order chi connectivity index (χ0) is 8.97. The fourth-order valence-corrected chi connectivity index (χ4v) is 1.87. The smallest absolute Gasteiger partial charge is 0.0463 e. The summed E-state index contributed by atoms with van der Waals surface area (Å²) in [5.74, 6) is 0.895. The lowest BCUT2D eigenvalue weighted by atomic mass is 10.3. The first kappa shape index (κ1) is 9.68. The van der Waals surface area contributed by atoms with E-state index in [0.717, 1.165) is 20.8 Å². The van der Waals surface area contributed by atoms with Gasteiger partial charge in [-0.25, -0.2) is 0 Å². The van der Waals surface area contributed by atoms with Gasteiger partial charge in [0.2, 0.25) is 0 Å². The third kappa shape index (κ3) is 2.57. The van der Waals surface area contributed by atoms with E-state index in [4.69, 9.17) is 5.73 Å². The van der Waals surface area contributed by atoms with Crippen LogP contribution in [-0.2, 0) is 0 Å². The second kappa shape index (κ2) is 4.58. The van der Waals surface area contributed by atoms with Crippen LogP contribution >= 0.6 is 27.7 Å². The van der Waals surface area contributed by atoms with Crippen molar-refractivity contribution in [1.82, 2.24) is 0 Å². The molecule has 0 bridgehead atoms. The number of anilines is 1. The average Bonchev–Trinajstić information content (AvgIpc) is 2.03. The van der Waals surface area contributed by atoms with Gasteiger partial charge < -0.3 is 5.73 Å². The van der Waals surface area contributed by atoms with Crippen molar-refractivity contribution in [2.75, 3.05) is 11.5 Å². The van der Waals surface area contributed by atoms with Gasteiger partial charge in [0.1, 0.15) is 0 Å². The molecule has 0 saturated heterocycles. The lowest BCUT2D eigenvalue weighted by Gasteiger charge is -2.03. The Balaban J connectivity index is 2.78. The van der Waals surface area contributed by atoms with E-state index in [0.29, 0.717) is 0 Å². The summed E-state index contributed by atoms with van der Waals surface area (Å²) in [6.45, 7) is 3.65. The Morgan fingerprint density at radius 2 is 2.33 bits per heavy atom. The van der Waals surface area contributed by atoms with E-state index in [1.807, 2.05) is 24.3 Å². The molecule has 0 atom stereocenters. The average molecular weight is 244 g/mol. The Morgan fingerprint density at radius 1 is 1.58 bits per heavy atom. The first-order valence-electron chi connectivity index (χ1n) is 3.52. The second-order valence-electron chi connectivity index (χ2n) is 2.28. The van der Waals surface area contributed by atoms with Crippen molar-refractivity contribution in [2.24, 2.45) is 0 Å². The van der Waals surface area contributed by atoms with E-state index in [2.05, 4.69) is 22.5 Å². The second-order valence-corrected chi connectivity index (χ2v) is 4.26. The summed E-state index contributed by atoms with van der Waals surface area (Å²) in [6.07, 6.45) is 1.87. The molecule has 0 spiro atoms. The van der Waals surface area contributed by atoms with Gasteiger partial charge in [0, 0.05) is 20.8 Å². The van der Waals surface area contributed by atoms with Gasteiger partial charge in [-0.3, -0.25) is 0 Å². The molecular formula is C9H10BrNS. The number of nitrogens with two attached hydrogens (primary N) is 1. The van der Waals surface area contributed by atoms with Gasteiger partial charge in [0.25, 0.3) is 0 Å². The van der Waals surface area contributed by atoms with Gasteiger partial charge in [-0.1, -0.05) is 22.0 Å². The molecule has 2 N–H and O–H groups in total. The maximum absolute atomic E-state index is 5.78. The summed E-state index contributed by atoms with van der Waals surface area (Å²) in [7, 11) is 0. The number of halogens is 1. The molecule has 0 aromatic heterocycles. The number of hydrogen-bond acceptors (Lipinski definition) is 2. The standard InChI is InChI=1S/C9H10BrNS/c1-2-5-12-9-4-3-7(10)6-8(9)11/h2-4,6H,1,5,11H2. The zero-order valence-electron chi connectivity index (χ0n) is 6.59. The van der Waals surface area contributed by atoms with E-state index in [1.165, 1.54) is 0 Å². The minimum Gasteiger partial charge on any atom is -0.398 e. The number of rotatable bonds is 3. The number of thioether (sulfide) groups is 1. The van der Waals surface area contributed by atoms with Crippen molar-refractivity contribution >= 4 is 33.4 Å². The third-order valence-corrected chi connectivity index (χ3v) is 2.91. The zero-order valence-corrected chi connectivity index (χ0v) is 8.99. The predicted octanol–water partition coefficient (Wildman–Crippen LogP) is 3.31. The lowest BCUT2D eigenvalue weighted by Crippen LogP contribution is -1.88. The molecule has 1 rings (SSSR count). The molecule has 0 amide bonds. The van der Waals surface area contributed by atoms with Crippen molar-refractivity contribution in [1.29, 1.82) is 0 Å². The molecule has 12 heavy (non-hydrogen) atoms. The van der Waals surface area contributed by atoms with Crippen LogP contribution in [0.15, 0.2) is 40.2 Å². The van der Waals surface area contributed by atoms with E-state index in [9.17, 15) is 0 Å². The van der Waals surface area contributed by atoms with Gasteiger partial charge in [0.15, 0.2) is 0 Å². The van der Waals surface area contributed by atoms with Crippen LogP contribution in [0.2, 0.25) is 0 Å². The SMILES string of the molecule is C=CCSc1ccc(Br)cc1N. The minimum absolute atomic E-state index is 0.816. The largest absolute Gasteiger partial charge is 0.398 e. The van der Waals surface area contributed by atoms with Crippen molar-refractivity contribution in [3.05, 3.63) is 35.3 Å². The fourth-order valence-electron chi connectivity index (χ4n) is 0.799. The van der Waals surface area contributed by atoms with Crippen molar-refractivity contribution in [3.63, 3.8) is 0 Å². The summed E-state index contributed by atoms with van der Waals surface area (Å²) in [6, 6.07) is 5.90. The molecule has 1 nitrogen and oxygen atoms in total. The molecule has 0 unspecified atom stereocenters. The van der Waals surface area contributed by atoms with Crippen molar-refractivity contribution in [3.8, 4) is 0 Å². The molecule has 64 valence electrons. The van der Waals surface area contributed by atoms with Crippen molar-refractivity contribution < 1.29 is 0 Å². The molecule has 3 heteroatoms. The topological polar surface area (TPSA) is 26.0 Å². The molecule has 1 aromatic carbocycles. The first-order valence-corrected chi connectivity index (χ1v) is 5.30. The van der Waals surface area contributed by atoms with Crippen molar-refractivity contribution in [2.45, 2.75) is 4.90 Å². The van der Waals surface area contributed by atoms with Crippen LogP contribution in [0.3, 0.4) is 0 Å². The highest BCUT2D eigenvalue weighted by Crippen LogP contribution is 2.27. The lowest BCUT2D eigenvalue weighted by molar-refractivity contribution is 1.44. The summed E-state index contributed by atoms with van der Waals surface area (Å²) < 4.78 is 1.02. The van der Waals surface area contributed by atoms with Crippen LogP contribution < -0.4 is 5.73 Å². The third-order valence-electron chi connectivity index (χ3n) is 1.33. The van der Waals surface area contributed by atoms with E-state index in [1.54, 1.807) is 11.8 Å². The van der Waals surface area contributed by atoms with E-state index >= 15 is 0 Å². The molecule has 0 saturated carbocycles. The van der Waals surface area contributed by atoms with Gasteiger partial charge >= 0.3 is 0 Å². The number of nitrogen functional groups attached to an aromatic ring is 1. The van der Waals surface area contributed by atoms with E-state index in [-0.39, 0.29) is 0 Å². The maximum atomic E-state index is 5.78. The Bertz CT molecular complexity index is 286.